The third-order valence-electron chi connectivity index (χ3n) is 4.60. The van der Waals surface area contributed by atoms with Gasteiger partial charge in [0.2, 0.25) is 5.95 Å². The van der Waals surface area contributed by atoms with E-state index in [1.54, 1.807) is 6.20 Å². The molecule has 7 nitrogen and oxygen atoms in total. The van der Waals surface area contributed by atoms with E-state index < -0.39 is 0 Å². The van der Waals surface area contributed by atoms with Crippen LogP contribution in [0.2, 0.25) is 0 Å². The van der Waals surface area contributed by atoms with E-state index in [4.69, 9.17) is 4.74 Å². The second-order valence-electron chi connectivity index (χ2n) is 6.33. The standard InChI is InChI=1S/C20H22N6O/c1-2-6-16(7-3-1)18-14-23-25-20(24-18)22-15-19(17-8-4-5-9-21-17)26-10-12-27-13-11-26/h1-9,14,19H,10-13,15H2,(H,22,24,25). The van der Waals surface area contributed by atoms with Gasteiger partial charge in [-0.05, 0) is 12.1 Å². The minimum absolute atomic E-state index is 0.124. The number of ether oxygens (including phenoxy) is 1. The van der Waals surface area contributed by atoms with Crippen molar-refractivity contribution < 1.29 is 4.74 Å². The van der Waals surface area contributed by atoms with Crippen molar-refractivity contribution in [1.29, 1.82) is 0 Å². The van der Waals surface area contributed by atoms with Gasteiger partial charge in [-0.15, -0.1) is 5.10 Å². The lowest BCUT2D eigenvalue weighted by molar-refractivity contribution is 0.0178. The Morgan fingerprint density at radius 3 is 2.63 bits per heavy atom. The second-order valence-corrected chi connectivity index (χ2v) is 6.33. The Morgan fingerprint density at radius 1 is 1.04 bits per heavy atom. The Balaban J connectivity index is 1.51. The number of hydrogen-bond acceptors (Lipinski definition) is 7. The SMILES string of the molecule is c1ccc(-c2cnnc(NCC(c3ccccn3)N3CCOCC3)n2)cc1. The number of morpholine rings is 1. The molecule has 0 amide bonds. The maximum Gasteiger partial charge on any atom is 0.243 e. The maximum atomic E-state index is 5.50. The van der Waals surface area contributed by atoms with Crippen LogP contribution in [0.15, 0.2) is 60.9 Å². The number of benzene rings is 1. The molecule has 1 unspecified atom stereocenters. The quantitative estimate of drug-likeness (QED) is 0.722. The van der Waals surface area contributed by atoms with Crippen molar-refractivity contribution in [2.24, 2.45) is 0 Å². The molecule has 0 radical (unpaired) electrons. The molecule has 0 bridgehead atoms. The van der Waals surface area contributed by atoms with Crippen LogP contribution in [0.3, 0.4) is 0 Å². The summed E-state index contributed by atoms with van der Waals surface area (Å²) < 4.78 is 5.50. The van der Waals surface area contributed by atoms with Crippen molar-refractivity contribution in [1.82, 2.24) is 25.1 Å². The fourth-order valence-corrected chi connectivity index (χ4v) is 3.20. The Morgan fingerprint density at radius 2 is 1.85 bits per heavy atom. The molecule has 7 heteroatoms. The highest BCUT2D eigenvalue weighted by Crippen LogP contribution is 2.21. The molecular formula is C20H22N6O. The molecule has 3 aromatic rings. The molecule has 1 atom stereocenters. The number of aromatic nitrogens is 4. The van der Waals surface area contributed by atoms with E-state index in [1.807, 2.05) is 48.7 Å². The summed E-state index contributed by atoms with van der Waals surface area (Å²) in [4.78, 5) is 11.5. The highest BCUT2D eigenvalue weighted by Gasteiger charge is 2.23. The van der Waals surface area contributed by atoms with Crippen LogP contribution in [0.4, 0.5) is 5.95 Å². The summed E-state index contributed by atoms with van der Waals surface area (Å²) in [6.07, 6.45) is 3.51. The highest BCUT2D eigenvalue weighted by molar-refractivity contribution is 5.58. The predicted molar refractivity (Wildman–Crippen MR) is 103 cm³/mol. The van der Waals surface area contributed by atoms with Crippen LogP contribution >= 0.6 is 0 Å². The predicted octanol–water partition coefficient (Wildman–Crippen LogP) is 2.42. The normalized spacial score (nSPS) is 16.0. The van der Waals surface area contributed by atoms with Crippen molar-refractivity contribution >= 4 is 5.95 Å². The summed E-state index contributed by atoms with van der Waals surface area (Å²) in [5, 5.41) is 11.6. The lowest BCUT2D eigenvalue weighted by Gasteiger charge is -2.34. The van der Waals surface area contributed by atoms with Crippen LogP contribution in [-0.4, -0.2) is 57.9 Å². The second kappa shape index (κ2) is 8.66. The monoisotopic (exact) mass is 362 g/mol. The van der Waals surface area contributed by atoms with Crippen LogP contribution in [0.1, 0.15) is 11.7 Å². The third kappa shape index (κ3) is 4.45. The molecular weight excluding hydrogens is 340 g/mol. The first-order valence-electron chi connectivity index (χ1n) is 9.12. The fourth-order valence-electron chi connectivity index (χ4n) is 3.20. The number of nitrogens with one attached hydrogen (secondary N) is 1. The lowest BCUT2D eigenvalue weighted by atomic mass is 10.1. The van der Waals surface area contributed by atoms with E-state index in [0.29, 0.717) is 12.5 Å². The largest absolute Gasteiger partial charge is 0.379 e. The average Bonchev–Trinajstić information content (AvgIpc) is 2.76. The first kappa shape index (κ1) is 17.5. The third-order valence-corrected chi connectivity index (χ3v) is 4.60. The van der Waals surface area contributed by atoms with E-state index >= 15 is 0 Å². The van der Waals surface area contributed by atoms with Crippen molar-refractivity contribution in [3.05, 3.63) is 66.6 Å². The van der Waals surface area contributed by atoms with E-state index in [-0.39, 0.29) is 6.04 Å². The minimum Gasteiger partial charge on any atom is -0.379 e. The summed E-state index contributed by atoms with van der Waals surface area (Å²) >= 11 is 0. The van der Waals surface area contributed by atoms with Gasteiger partial charge in [0.25, 0.3) is 0 Å². The molecule has 2 aromatic heterocycles. The molecule has 0 aliphatic carbocycles. The Kier molecular flexibility index (Phi) is 5.61. The Hall–Kier alpha value is -2.90. The fraction of sp³-hybridized carbons (Fsp3) is 0.300. The molecule has 1 fully saturated rings. The van der Waals surface area contributed by atoms with Crippen LogP contribution in [0.25, 0.3) is 11.3 Å². The molecule has 3 heterocycles. The van der Waals surface area contributed by atoms with Crippen molar-refractivity contribution in [3.8, 4) is 11.3 Å². The molecule has 1 saturated heterocycles. The van der Waals surface area contributed by atoms with Gasteiger partial charge in [0.1, 0.15) is 0 Å². The molecule has 1 aliphatic rings. The van der Waals surface area contributed by atoms with Crippen molar-refractivity contribution in [2.75, 3.05) is 38.2 Å². The van der Waals surface area contributed by atoms with E-state index in [0.717, 1.165) is 43.3 Å². The molecule has 1 aromatic carbocycles. The lowest BCUT2D eigenvalue weighted by Crippen LogP contribution is -2.42. The van der Waals surface area contributed by atoms with Crippen LogP contribution in [-0.2, 0) is 4.74 Å². The number of hydrogen-bond donors (Lipinski definition) is 1. The molecule has 1 aliphatic heterocycles. The van der Waals surface area contributed by atoms with Gasteiger partial charge in [0.05, 0.1) is 36.8 Å². The van der Waals surface area contributed by atoms with Crippen LogP contribution in [0.5, 0.6) is 0 Å². The summed E-state index contributed by atoms with van der Waals surface area (Å²) in [5.41, 5.74) is 2.85. The smallest absolute Gasteiger partial charge is 0.243 e. The number of pyridine rings is 1. The topological polar surface area (TPSA) is 76.1 Å². The van der Waals surface area contributed by atoms with Gasteiger partial charge >= 0.3 is 0 Å². The van der Waals surface area contributed by atoms with E-state index in [2.05, 4.69) is 36.4 Å². The summed E-state index contributed by atoms with van der Waals surface area (Å²) in [6.45, 7) is 3.89. The average molecular weight is 362 g/mol. The van der Waals surface area contributed by atoms with Gasteiger partial charge in [-0.2, -0.15) is 5.10 Å². The Bertz CT molecular complexity index is 839. The van der Waals surface area contributed by atoms with Crippen molar-refractivity contribution in [3.63, 3.8) is 0 Å². The molecule has 27 heavy (non-hydrogen) atoms. The zero-order chi connectivity index (χ0) is 18.3. The first-order valence-corrected chi connectivity index (χ1v) is 9.12. The Labute approximate surface area is 158 Å². The van der Waals surface area contributed by atoms with E-state index in [1.165, 1.54) is 0 Å². The number of nitrogens with zero attached hydrogens (tertiary/aromatic N) is 5. The maximum absolute atomic E-state index is 5.50. The summed E-state index contributed by atoms with van der Waals surface area (Å²) in [6, 6.07) is 16.1. The van der Waals surface area contributed by atoms with Crippen molar-refractivity contribution in [2.45, 2.75) is 6.04 Å². The van der Waals surface area contributed by atoms with Gasteiger partial charge in [-0.1, -0.05) is 36.4 Å². The molecule has 138 valence electrons. The van der Waals surface area contributed by atoms with Gasteiger partial charge < -0.3 is 10.1 Å². The summed E-state index contributed by atoms with van der Waals surface area (Å²) in [7, 11) is 0. The van der Waals surface area contributed by atoms with Gasteiger partial charge in [0, 0.05) is 31.4 Å². The molecule has 0 saturated carbocycles. The van der Waals surface area contributed by atoms with Crippen LogP contribution in [0, 0.1) is 0 Å². The first-order chi connectivity index (χ1) is 13.4. The van der Waals surface area contributed by atoms with Gasteiger partial charge in [-0.25, -0.2) is 4.98 Å². The molecule has 1 N–H and O–H groups in total. The van der Waals surface area contributed by atoms with Crippen LogP contribution < -0.4 is 5.32 Å². The van der Waals surface area contributed by atoms with Gasteiger partial charge in [0.15, 0.2) is 0 Å². The number of anilines is 1. The van der Waals surface area contributed by atoms with Gasteiger partial charge in [-0.3, -0.25) is 9.88 Å². The summed E-state index contributed by atoms with van der Waals surface area (Å²) in [5.74, 6) is 0.519. The minimum atomic E-state index is 0.124. The highest BCUT2D eigenvalue weighted by atomic mass is 16.5. The zero-order valence-corrected chi connectivity index (χ0v) is 15.0. The number of rotatable bonds is 6. The molecule has 0 spiro atoms. The van der Waals surface area contributed by atoms with E-state index in [9.17, 15) is 0 Å². The molecule has 4 rings (SSSR count). The zero-order valence-electron chi connectivity index (χ0n) is 15.0.